The van der Waals surface area contributed by atoms with Crippen molar-refractivity contribution in [1.29, 1.82) is 0 Å². The molecule has 0 aliphatic rings. The summed E-state index contributed by atoms with van der Waals surface area (Å²) in [6, 6.07) is 19.2. The standard InChI is InChI=1S/C24H22FN3O2S/c1-3-21(31(2,29)30)28-23(18-13-15-26-16-14-18)22(17-9-11-20(25)12-10-17)27-24(28)19-7-5-4-6-8-19/h4-16,21H,3H2,1-2H3. The summed E-state index contributed by atoms with van der Waals surface area (Å²) in [4.78, 5) is 8.99. The van der Waals surface area contributed by atoms with Gasteiger partial charge in [-0.2, -0.15) is 0 Å². The van der Waals surface area contributed by atoms with Crippen molar-refractivity contribution >= 4 is 9.84 Å². The van der Waals surface area contributed by atoms with E-state index in [2.05, 4.69) is 4.98 Å². The maximum atomic E-state index is 13.6. The Morgan fingerprint density at radius 2 is 1.55 bits per heavy atom. The summed E-state index contributed by atoms with van der Waals surface area (Å²) in [5, 5.41) is -0.812. The van der Waals surface area contributed by atoms with Gasteiger partial charge >= 0.3 is 0 Å². The van der Waals surface area contributed by atoms with Crippen LogP contribution in [0.5, 0.6) is 0 Å². The van der Waals surface area contributed by atoms with Crippen molar-refractivity contribution in [2.45, 2.75) is 18.7 Å². The van der Waals surface area contributed by atoms with E-state index in [-0.39, 0.29) is 5.82 Å². The fraction of sp³-hybridized carbons (Fsp3) is 0.167. The molecule has 0 spiro atoms. The van der Waals surface area contributed by atoms with Crippen LogP contribution in [0.3, 0.4) is 0 Å². The molecule has 0 saturated heterocycles. The third kappa shape index (κ3) is 4.14. The van der Waals surface area contributed by atoms with Crippen molar-refractivity contribution < 1.29 is 12.8 Å². The lowest BCUT2D eigenvalue weighted by Crippen LogP contribution is -2.20. The van der Waals surface area contributed by atoms with Crippen molar-refractivity contribution in [2.75, 3.05) is 6.26 Å². The van der Waals surface area contributed by atoms with E-state index in [0.717, 1.165) is 11.1 Å². The van der Waals surface area contributed by atoms with Crippen LogP contribution in [-0.4, -0.2) is 29.2 Å². The third-order valence-corrected chi connectivity index (χ3v) is 6.68. The van der Waals surface area contributed by atoms with Crippen molar-refractivity contribution in [3.63, 3.8) is 0 Å². The van der Waals surface area contributed by atoms with Gasteiger partial charge in [-0.25, -0.2) is 17.8 Å². The van der Waals surface area contributed by atoms with Crippen LogP contribution in [0.2, 0.25) is 0 Å². The number of halogens is 1. The second kappa shape index (κ2) is 8.43. The number of imidazole rings is 1. The SMILES string of the molecule is CCC(n1c(-c2ccccc2)nc(-c2ccc(F)cc2)c1-c1ccncc1)S(C)(=O)=O. The number of benzene rings is 2. The largest absolute Gasteiger partial charge is 0.306 e. The molecule has 0 aliphatic heterocycles. The molecule has 0 N–H and O–H groups in total. The Morgan fingerprint density at radius 3 is 2.13 bits per heavy atom. The van der Waals surface area contributed by atoms with Crippen LogP contribution in [0.25, 0.3) is 33.9 Å². The van der Waals surface area contributed by atoms with Crippen molar-refractivity contribution in [2.24, 2.45) is 0 Å². The summed E-state index contributed by atoms with van der Waals surface area (Å²) in [7, 11) is -3.46. The number of sulfone groups is 1. The zero-order valence-electron chi connectivity index (χ0n) is 17.2. The molecule has 0 amide bonds. The van der Waals surface area contributed by atoms with Crippen molar-refractivity contribution in [3.05, 3.63) is 84.9 Å². The molecule has 0 fully saturated rings. The Bertz CT molecular complexity index is 1290. The second-order valence-electron chi connectivity index (χ2n) is 7.30. The fourth-order valence-electron chi connectivity index (χ4n) is 3.78. The zero-order valence-corrected chi connectivity index (χ0v) is 18.1. The van der Waals surface area contributed by atoms with Gasteiger partial charge in [0.25, 0.3) is 0 Å². The topological polar surface area (TPSA) is 64.8 Å². The first-order chi connectivity index (χ1) is 14.9. The first-order valence-corrected chi connectivity index (χ1v) is 11.9. The number of pyridine rings is 1. The molecular weight excluding hydrogens is 413 g/mol. The molecule has 158 valence electrons. The van der Waals surface area contributed by atoms with E-state index >= 15 is 0 Å². The van der Waals surface area contributed by atoms with E-state index in [1.54, 1.807) is 29.1 Å². The van der Waals surface area contributed by atoms with E-state index in [4.69, 9.17) is 4.98 Å². The molecule has 1 atom stereocenters. The van der Waals surface area contributed by atoms with Crippen molar-refractivity contribution in [3.8, 4) is 33.9 Å². The van der Waals surface area contributed by atoms with Gasteiger partial charge in [-0.3, -0.25) is 4.98 Å². The van der Waals surface area contributed by atoms with E-state index < -0.39 is 15.2 Å². The number of hydrogen-bond donors (Lipinski definition) is 0. The molecule has 0 saturated carbocycles. The van der Waals surface area contributed by atoms with Gasteiger partial charge in [0.2, 0.25) is 0 Å². The minimum absolute atomic E-state index is 0.348. The molecule has 0 bridgehead atoms. The Hall–Kier alpha value is -3.32. The number of rotatable bonds is 6. The lowest BCUT2D eigenvalue weighted by molar-refractivity contribution is 0.548. The van der Waals surface area contributed by atoms with Gasteiger partial charge in [-0.05, 0) is 42.8 Å². The molecule has 2 aromatic heterocycles. The normalized spacial score (nSPS) is 12.6. The molecule has 1 unspecified atom stereocenters. The van der Waals surface area contributed by atoms with E-state index in [1.807, 2.05) is 49.4 Å². The van der Waals surface area contributed by atoms with Crippen LogP contribution in [-0.2, 0) is 9.84 Å². The maximum Gasteiger partial charge on any atom is 0.168 e. The van der Waals surface area contributed by atoms with Gasteiger partial charge in [0.05, 0.1) is 11.4 Å². The van der Waals surface area contributed by atoms with Gasteiger partial charge in [-0.15, -0.1) is 0 Å². The van der Waals surface area contributed by atoms with Gasteiger partial charge < -0.3 is 4.57 Å². The Balaban J connectivity index is 2.12. The Kier molecular flexibility index (Phi) is 5.69. The smallest absolute Gasteiger partial charge is 0.168 e. The molecule has 7 heteroatoms. The Labute approximate surface area is 181 Å². The molecule has 2 aromatic carbocycles. The summed E-state index contributed by atoms with van der Waals surface area (Å²) in [6.07, 6.45) is 4.93. The minimum Gasteiger partial charge on any atom is -0.306 e. The molecule has 0 radical (unpaired) electrons. The molecule has 4 aromatic rings. The highest BCUT2D eigenvalue weighted by molar-refractivity contribution is 7.90. The summed E-state index contributed by atoms with van der Waals surface area (Å²) in [6.45, 7) is 1.84. The average molecular weight is 436 g/mol. The Morgan fingerprint density at radius 1 is 0.903 bits per heavy atom. The van der Waals surface area contributed by atoms with Crippen LogP contribution in [0.4, 0.5) is 4.39 Å². The second-order valence-corrected chi connectivity index (χ2v) is 9.51. The lowest BCUT2D eigenvalue weighted by atomic mass is 10.1. The van der Waals surface area contributed by atoms with Crippen LogP contribution in [0, 0.1) is 5.82 Å². The lowest BCUT2D eigenvalue weighted by Gasteiger charge is -2.21. The predicted molar refractivity (Wildman–Crippen MR) is 120 cm³/mol. The van der Waals surface area contributed by atoms with Crippen LogP contribution >= 0.6 is 0 Å². The van der Waals surface area contributed by atoms with Crippen LogP contribution in [0.1, 0.15) is 18.7 Å². The molecule has 4 rings (SSSR count). The van der Waals surface area contributed by atoms with Gasteiger partial charge in [-0.1, -0.05) is 37.3 Å². The molecule has 5 nitrogen and oxygen atoms in total. The number of aromatic nitrogens is 3. The molecule has 0 aliphatic carbocycles. The van der Waals surface area contributed by atoms with E-state index in [9.17, 15) is 12.8 Å². The molecular formula is C24H22FN3O2S. The fourth-order valence-corrected chi connectivity index (χ4v) is 4.97. The highest BCUT2D eigenvalue weighted by Crippen LogP contribution is 2.40. The highest BCUT2D eigenvalue weighted by atomic mass is 32.2. The molecule has 2 heterocycles. The highest BCUT2D eigenvalue weighted by Gasteiger charge is 2.30. The van der Waals surface area contributed by atoms with Crippen LogP contribution < -0.4 is 0 Å². The quantitative estimate of drug-likeness (QED) is 0.408. The molecule has 31 heavy (non-hydrogen) atoms. The summed E-state index contributed by atoms with van der Waals surface area (Å²) in [5.74, 6) is 0.198. The first-order valence-electron chi connectivity index (χ1n) is 9.93. The third-order valence-electron chi connectivity index (χ3n) is 5.15. The van der Waals surface area contributed by atoms with E-state index in [1.165, 1.54) is 18.4 Å². The number of nitrogens with zero attached hydrogens (tertiary/aromatic N) is 3. The van der Waals surface area contributed by atoms with Gasteiger partial charge in [0, 0.05) is 35.3 Å². The summed E-state index contributed by atoms with van der Waals surface area (Å²) in [5.41, 5.74) is 3.53. The van der Waals surface area contributed by atoms with Crippen molar-refractivity contribution in [1.82, 2.24) is 14.5 Å². The summed E-state index contributed by atoms with van der Waals surface area (Å²) >= 11 is 0. The predicted octanol–water partition coefficient (Wildman–Crippen LogP) is 5.37. The monoisotopic (exact) mass is 435 g/mol. The number of hydrogen-bond acceptors (Lipinski definition) is 4. The average Bonchev–Trinajstić information content (AvgIpc) is 3.15. The maximum absolute atomic E-state index is 13.6. The van der Waals surface area contributed by atoms with Crippen LogP contribution in [0.15, 0.2) is 79.1 Å². The zero-order chi connectivity index (χ0) is 22.0. The van der Waals surface area contributed by atoms with Gasteiger partial charge in [0.1, 0.15) is 17.0 Å². The van der Waals surface area contributed by atoms with Gasteiger partial charge in [0.15, 0.2) is 9.84 Å². The summed E-state index contributed by atoms with van der Waals surface area (Å²) < 4.78 is 41.0. The minimum atomic E-state index is -3.46. The first kappa shape index (κ1) is 20.9. The van der Waals surface area contributed by atoms with E-state index in [0.29, 0.717) is 29.2 Å².